The van der Waals surface area contributed by atoms with E-state index in [0.717, 1.165) is 51.4 Å². The average molecular weight is 1770 g/mol. The van der Waals surface area contributed by atoms with Crippen molar-refractivity contribution in [1.29, 1.82) is 0 Å². The Morgan fingerprint density at radius 1 is 0.205 bits per heavy atom. The number of aromatic amines is 8. The van der Waals surface area contributed by atoms with E-state index in [-0.39, 0.29) is 311 Å². The van der Waals surface area contributed by atoms with Gasteiger partial charge in [-0.2, -0.15) is 0 Å². The van der Waals surface area contributed by atoms with E-state index in [0.29, 0.717) is 0 Å². The molecule has 8 rings (SSSR count). The van der Waals surface area contributed by atoms with Crippen LogP contribution in [0.25, 0.3) is 44.1 Å². The Morgan fingerprint density at radius 3 is 0.462 bits per heavy atom. The fourth-order valence-corrected chi connectivity index (χ4v) is 5.94. The van der Waals surface area contributed by atoms with Gasteiger partial charge in [0.15, 0.2) is 44.1 Å². The summed E-state index contributed by atoms with van der Waals surface area (Å²) in [4.78, 5) is 27.6. The van der Waals surface area contributed by atoms with E-state index in [1.807, 2.05) is 0 Å². The summed E-state index contributed by atoms with van der Waals surface area (Å²) in [6.07, 6.45) is 8.84. The van der Waals surface area contributed by atoms with Crippen molar-refractivity contribution in [2.24, 2.45) is 0 Å². The van der Waals surface area contributed by atoms with Crippen LogP contribution in [-0.4, -0.2) is 19.9 Å². The van der Waals surface area contributed by atoms with Gasteiger partial charge in [0.05, 0.1) is 0 Å². The normalized spacial score (nSPS) is 6.46. The smallest absolute Gasteiger partial charge is 0.252 e. The Morgan fingerprint density at radius 2 is 0.333 bits per heavy atom. The van der Waals surface area contributed by atoms with Gasteiger partial charge in [0.1, 0.15) is 0 Å². The number of aromatic nitrogens is 8. The molecule has 476 valence electrons. The molecule has 8 N–H and O–H groups in total. The quantitative estimate of drug-likeness (QED) is 0.113. The second-order valence-corrected chi connectivity index (χ2v) is 11.5. The zero-order valence-electron chi connectivity index (χ0n) is 38.8. The fraction of sp³-hybridized carbons (Fsp3) is 0.222. The molecule has 4 aromatic carbocycles. The molecule has 0 amide bonds. The molecule has 0 aliphatic rings. The number of unbranched alkanes of at least 4 members (excludes halogenated alkanes) is 2. The molecule has 34 nitrogen and oxygen atoms in total. The molecule has 0 aliphatic heterocycles. The van der Waals surface area contributed by atoms with Crippen molar-refractivity contribution in [1.82, 2.24) is 19.9 Å². The first-order chi connectivity index (χ1) is 21.8. The van der Waals surface area contributed by atoms with Gasteiger partial charge in [-0.25, -0.2) is 39.9 Å². The monoisotopic (exact) mass is 1780 g/mol. The zero-order valence-corrected chi connectivity index (χ0v) is 54.8. The van der Waals surface area contributed by atoms with E-state index in [1.165, 1.54) is 67.4 Å². The predicted octanol–water partition coefficient (Wildman–Crippen LogP) is 2.58. The third-order valence-corrected chi connectivity index (χ3v) is 8.20. The van der Waals surface area contributed by atoms with E-state index < -0.39 is 0 Å². The van der Waals surface area contributed by atoms with E-state index >= 15 is 0 Å². The molecule has 0 fully saturated rings. The number of benzene rings is 4. The third-order valence-electron chi connectivity index (χ3n) is 8.20. The average Bonchev–Trinajstić information content (AvgIpc) is 3.85. The van der Waals surface area contributed by atoms with Gasteiger partial charge in [0.2, 0.25) is 0 Å². The maximum atomic E-state index is 3.44. The van der Waals surface area contributed by atoms with Crippen molar-refractivity contribution in [3.8, 4) is 0 Å². The van der Waals surface area contributed by atoms with Crippen LogP contribution in [0, 0.1) is 0 Å². The molecule has 4 aromatic heterocycles. The molecule has 4 heterocycles. The number of nitrogens with one attached hydrogen (secondary N) is 8. The van der Waals surface area contributed by atoms with Crippen LogP contribution < -0.4 is 19.9 Å². The van der Waals surface area contributed by atoms with Crippen LogP contribution in [0.5, 0.6) is 0 Å². The van der Waals surface area contributed by atoms with Crippen molar-refractivity contribution in [2.45, 2.75) is 51.4 Å². The second kappa shape index (κ2) is 95.4. The number of para-hydroxylation sites is 8. The number of fused-ring (bicyclic) bond motifs is 4. The molecular weight excluding hydrogens is 1730 g/mol. The molecule has 0 atom stereocenters. The molecule has 0 saturated heterocycles. The van der Waals surface area contributed by atoms with Gasteiger partial charge >= 0.3 is 0 Å². The van der Waals surface area contributed by atoms with Gasteiger partial charge in [-0.15, -0.1) is 0 Å². The zero-order chi connectivity index (χ0) is 29.6. The summed E-state index contributed by atoms with van der Waals surface area (Å²) >= 11 is 0. The maximum absolute atomic E-state index is 3.44. The minimum Gasteiger partial charge on any atom is -2.00 e. The van der Waals surface area contributed by atoms with Gasteiger partial charge in [-0.1, -0.05) is 48.5 Å². The summed E-state index contributed by atoms with van der Waals surface area (Å²) in [5, 5.41) is 0. The van der Waals surface area contributed by atoms with Crippen LogP contribution in [0.2, 0.25) is 0 Å². The number of imidazole rings is 4. The Labute approximate surface area is 561 Å². The molecule has 78 heavy (non-hydrogen) atoms. The third kappa shape index (κ3) is 52.1. The van der Waals surface area contributed by atoms with Gasteiger partial charge < -0.3 is 142 Å². The summed E-state index contributed by atoms with van der Waals surface area (Å²) in [5.74, 6) is 4.84. The fourth-order valence-electron chi connectivity index (χ4n) is 5.94. The van der Waals surface area contributed by atoms with E-state index in [2.05, 4.69) is 137 Å². The molecule has 8 aromatic rings. The van der Waals surface area contributed by atoms with Crippen molar-refractivity contribution < 1.29 is 331 Å². The molecule has 0 spiro atoms. The summed E-state index contributed by atoms with van der Waals surface area (Å²) < 4.78 is 0. The number of rotatable bonds is 10. The van der Waals surface area contributed by atoms with E-state index in [4.69, 9.17) is 0 Å². The molecule has 0 bridgehead atoms. The summed E-state index contributed by atoms with van der Waals surface area (Å²) in [7, 11) is 0. The first-order valence-electron chi connectivity index (χ1n) is 15.7. The number of aryl methyl sites for hydroxylation is 4. The predicted molar refractivity (Wildman–Crippen MR) is 191 cm³/mol. The molecule has 0 aliphatic carbocycles. The number of hydrogen-bond donors (Lipinski definition) is 4. The van der Waals surface area contributed by atoms with Crippen LogP contribution in [0.1, 0.15) is 49.0 Å². The van der Waals surface area contributed by atoms with Crippen LogP contribution >= 0.6 is 0 Å². The van der Waals surface area contributed by atoms with Crippen LogP contribution in [-0.2, 0) is 337 Å². The Balaban J connectivity index is -0.0000000172. The van der Waals surface area contributed by atoms with Crippen molar-refractivity contribution in [3.63, 3.8) is 0 Å². The largest absolute Gasteiger partial charge is 2.00 e. The van der Waals surface area contributed by atoms with Crippen LogP contribution in [0.15, 0.2) is 97.1 Å². The molecule has 42 heteroatoms. The van der Waals surface area contributed by atoms with Gasteiger partial charge in [0.25, 0.3) is 23.3 Å². The number of H-pyrrole nitrogens is 8. The van der Waals surface area contributed by atoms with Gasteiger partial charge in [0, 0.05) is 194 Å². The maximum Gasteiger partial charge on any atom is 0.252 e. The minimum atomic E-state index is 0. The van der Waals surface area contributed by atoms with Crippen LogP contribution in [0.4, 0.5) is 0 Å². The number of hydrogen-bond acceptors (Lipinski definition) is 0. The van der Waals surface area contributed by atoms with E-state index in [1.54, 1.807) is 0 Å². The standard InChI is InChI=1S/2C18H18N4.8Mo.26O/c2*1-2-8-14-13(7-1)19-17(20-14)11-5-6-12-18-21-15-9-3-4-10-16(15)22-18;;;;;;;;;;;;;;;;;;;;;;;;;;;;;;;;;;/h2*1-4,7-10H,5-6,11-12H2,(H,19,20)(H,21,22);;;;;;;;;;;;;;;;;;;;;;;;;;;;;;;;;;/q;;;;;;;;;;26*-2/p+4. The SMILES string of the molecule is [Mo].[Mo].[Mo].[Mo].[Mo].[Mo].[Mo].[Mo].[O-2].[O-2].[O-2].[O-2].[O-2].[O-2].[O-2].[O-2].[O-2].[O-2].[O-2].[O-2].[O-2].[O-2].[O-2].[O-2].[O-2].[O-2].[O-2].[O-2].[O-2].[O-2].[O-2].[O-2].[O-2].[O-2].c1ccc2[nH+]c(CCCCc3[nH]c4ccccc4[nH+]3)[nH]c2c1.c1ccc2[nH+]c(CCCCc3[nH]c4ccccc4[nH+]3)[nH]c2c1. The minimum absolute atomic E-state index is 0. The Bertz CT molecular complexity index is 1780. The molecule has 0 saturated carbocycles. The second-order valence-electron chi connectivity index (χ2n) is 11.5. The van der Waals surface area contributed by atoms with Gasteiger partial charge in [-0.05, 0) is 74.2 Å². The molecular formula is C36H40Mo8N8O26-48. The van der Waals surface area contributed by atoms with Crippen LogP contribution in [0.3, 0.4) is 0 Å². The van der Waals surface area contributed by atoms with Crippen molar-refractivity contribution >= 4 is 44.1 Å². The molecule has 0 unspecified atom stereocenters. The molecule has 0 radical (unpaired) electrons. The van der Waals surface area contributed by atoms with Gasteiger partial charge in [-0.3, -0.25) is 0 Å². The first-order valence-corrected chi connectivity index (χ1v) is 15.7. The summed E-state index contributed by atoms with van der Waals surface area (Å²) in [6, 6.07) is 33.3. The van der Waals surface area contributed by atoms with Crippen molar-refractivity contribution in [3.05, 3.63) is 120 Å². The summed E-state index contributed by atoms with van der Waals surface area (Å²) in [6.45, 7) is 0. The first kappa shape index (κ1) is 185. The Kier molecular flexibility index (Phi) is 227. The topological polar surface area (TPSA) is 861 Å². The van der Waals surface area contributed by atoms with E-state index in [9.17, 15) is 0 Å². The van der Waals surface area contributed by atoms with Crippen molar-refractivity contribution in [2.75, 3.05) is 0 Å². The summed E-state index contributed by atoms with van der Waals surface area (Å²) in [5.41, 5.74) is 9.46. The Hall–Kier alpha value is -0.774.